The highest BCUT2D eigenvalue weighted by Gasteiger charge is 2.23. The molecular formula is C14H15N3O2. The summed E-state index contributed by atoms with van der Waals surface area (Å²) in [5.74, 6) is 2.78. The lowest BCUT2D eigenvalue weighted by Crippen LogP contribution is -2.04. The highest BCUT2D eigenvalue weighted by atomic mass is 16.7. The van der Waals surface area contributed by atoms with Crippen molar-refractivity contribution in [2.45, 2.75) is 19.9 Å². The van der Waals surface area contributed by atoms with Crippen molar-refractivity contribution in [1.29, 1.82) is 0 Å². The number of hydrogen-bond acceptors (Lipinski definition) is 4. The third-order valence-electron chi connectivity index (χ3n) is 3.66. The summed E-state index contributed by atoms with van der Waals surface area (Å²) < 4.78 is 12.8. The van der Waals surface area contributed by atoms with Crippen LogP contribution in [0.3, 0.4) is 0 Å². The summed E-state index contributed by atoms with van der Waals surface area (Å²) in [5.41, 5.74) is 3.46. The molecule has 1 N–H and O–H groups in total. The Bertz CT molecular complexity index is 648. The molecule has 0 saturated carbocycles. The van der Waals surface area contributed by atoms with E-state index in [0.717, 1.165) is 48.1 Å². The lowest BCUT2D eigenvalue weighted by molar-refractivity contribution is 0.174. The van der Waals surface area contributed by atoms with Crippen LogP contribution in [0.2, 0.25) is 0 Å². The molecule has 5 heteroatoms. The Labute approximate surface area is 111 Å². The molecule has 0 bridgehead atoms. The van der Waals surface area contributed by atoms with Gasteiger partial charge in [-0.05, 0) is 31.5 Å². The molecule has 0 unspecified atom stereocenters. The van der Waals surface area contributed by atoms with Crippen LogP contribution in [-0.2, 0) is 13.0 Å². The first-order chi connectivity index (χ1) is 9.36. The minimum atomic E-state index is 0.307. The van der Waals surface area contributed by atoms with Gasteiger partial charge in [0.05, 0.1) is 5.69 Å². The van der Waals surface area contributed by atoms with E-state index in [2.05, 4.69) is 18.3 Å². The number of hydrogen-bond donors (Lipinski definition) is 1. The van der Waals surface area contributed by atoms with Crippen molar-refractivity contribution in [1.82, 2.24) is 9.78 Å². The molecule has 0 fully saturated rings. The number of nitrogens with one attached hydrogen (secondary N) is 1. The Morgan fingerprint density at radius 2 is 2.21 bits per heavy atom. The molecule has 0 saturated heterocycles. The predicted octanol–water partition coefficient (Wildman–Crippen LogP) is 2.27. The van der Waals surface area contributed by atoms with Gasteiger partial charge in [-0.1, -0.05) is 0 Å². The monoisotopic (exact) mass is 257 g/mol. The summed E-state index contributed by atoms with van der Waals surface area (Å²) >= 11 is 0. The van der Waals surface area contributed by atoms with Gasteiger partial charge in [0.25, 0.3) is 0 Å². The van der Waals surface area contributed by atoms with Crippen LogP contribution >= 0.6 is 0 Å². The van der Waals surface area contributed by atoms with Crippen LogP contribution in [-0.4, -0.2) is 23.1 Å². The van der Waals surface area contributed by atoms with E-state index < -0.39 is 0 Å². The molecule has 98 valence electrons. The Hall–Kier alpha value is -2.17. The second-order valence-electron chi connectivity index (χ2n) is 4.74. The van der Waals surface area contributed by atoms with Crippen molar-refractivity contribution in [2.75, 3.05) is 18.7 Å². The summed E-state index contributed by atoms with van der Waals surface area (Å²) in [5, 5.41) is 8.11. The quantitative estimate of drug-likeness (QED) is 0.896. The fourth-order valence-corrected chi connectivity index (χ4v) is 2.74. The van der Waals surface area contributed by atoms with Crippen LogP contribution in [0.25, 0.3) is 11.3 Å². The number of aromatic nitrogens is 2. The van der Waals surface area contributed by atoms with Gasteiger partial charge in [-0.25, -0.2) is 4.68 Å². The molecule has 1 aromatic carbocycles. The average molecular weight is 257 g/mol. The highest BCUT2D eigenvalue weighted by molar-refractivity contribution is 5.73. The maximum Gasteiger partial charge on any atom is 0.231 e. The van der Waals surface area contributed by atoms with Gasteiger partial charge in [0.15, 0.2) is 11.5 Å². The smallest absolute Gasteiger partial charge is 0.231 e. The lowest BCUT2D eigenvalue weighted by Gasteiger charge is -2.02. The van der Waals surface area contributed by atoms with Crippen LogP contribution in [0.15, 0.2) is 18.2 Å². The normalized spacial score (nSPS) is 15.4. The molecule has 2 aromatic rings. The van der Waals surface area contributed by atoms with Crippen LogP contribution in [0.1, 0.15) is 12.5 Å². The van der Waals surface area contributed by atoms with Gasteiger partial charge in [0.2, 0.25) is 6.79 Å². The first kappa shape index (κ1) is 10.7. The third kappa shape index (κ3) is 1.51. The van der Waals surface area contributed by atoms with Crippen LogP contribution in [0, 0.1) is 0 Å². The number of nitrogens with zero attached hydrogens (tertiary/aromatic N) is 2. The third-order valence-corrected chi connectivity index (χ3v) is 3.66. The Balaban J connectivity index is 1.84. The van der Waals surface area contributed by atoms with Crippen LogP contribution < -0.4 is 14.8 Å². The summed E-state index contributed by atoms with van der Waals surface area (Å²) in [6, 6.07) is 6.02. The summed E-state index contributed by atoms with van der Waals surface area (Å²) in [7, 11) is 0. The molecular weight excluding hydrogens is 242 g/mol. The molecule has 0 aliphatic carbocycles. The molecule has 0 radical (unpaired) electrons. The number of aryl methyl sites for hydroxylation is 1. The van der Waals surface area contributed by atoms with Gasteiger partial charge in [-0.15, -0.1) is 0 Å². The number of anilines is 1. The van der Waals surface area contributed by atoms with Crippen molar-refractivity contribution in [3.05, 3.63) is 23.8 Å². The molecule has 2 aliphatic rings. The molecule has 0 atom stereocenters. The summed E-state index contributed by atoms with van der Waals surface area (Å²) in [6.07, 6.45) is 1.03. The van der Waals surface area contributed by atoms with Crippen molar-refractivity contribution < 1.29 is 9.47 Å². The molecule has 0 amide bonds. The van der Waals surface area contributed by atoms with E-state index in [1.807, 2.05) is 16.8 Å². The van der Waals surface area contributed by atoms with E-state index in [9.17, 15) is 0 Å². The standard InChI is InChI=1S/C14H15N3O2/c1-2-17-14-10(5-6-15-14)13(16-17)9-3-4-11-12(7-9)19-8-18-11/h3-4,7,15H,2,5-6,8H2,1H3. The Morgan fingerprint density at radius 3 is 3.11 bits per heavy atom. The summed E-state index contributed by atoms with van der Waals surface area (Å²) in [4.78, 5) is 0. The molecule has 5 nitrogen and oxygen atoms in total. The van der Waals surface area contributed by atoms with Crippen molar-refractivity contribution in [2.24, 2.45) is 0 Å². The SMILES string of the molecule is CCn1nc(-c2ccc3c(c2)OCO3)c2c1NCC2. The molecule has 0 spiro atoms. The number of ether oxygens (including phenoxy) is 2. The van der Waals surface area contributed by atoms with Crippen LogP contribution in [0.5, 0.6) is 11.5 Å². The first-order valence-corrected chi connectivity index (χ1v) is 6.60. The van der Waals surface area contributed by atoms with E-state index in [1.54, 1.807) is 0 Å². The van der Waals surface area contributed by atoms with E-state index in [0.29, 0.717) is 6.79 Å². The molecule has 2 aliphatic heterocycles. The van der Waals surface area contributed by atoms with Gasteiger partial charge >= 0.3 is 0 Å². The minimum absolute atomic E-state index is 0.307. The summed E-state index contributed by atoms with van der Waals surface area (Å²) in [6.45, 7) is 4.28. The second-order valence-corrected chi connectivity index (χ2v) is 4.74. The van der Waals surface area contributed by atoms with Gasteiger partial charge in [0.1, 0.15) is 5.82 Å². The fourth-order valence-electron chi connectivity index (χ4n) is 2.74. The molecule has 19 heavy (non-hydrogen) atoms. The van der Waals surface area contributed by atoms with Gasteiger partial charge in [0, 0.05) is 24.2 Å². The molecule has 3 heterocycles. The fraction of sp³-hybridized carbons (Fsp3) is 0.357. The molecule has 4 rings (SSSR count). The van der Waals surface area contributed by atoms with E-state index in [4.69, 9.17) is 14.6 Å². The van der Waals surface area contributed by atoms with Gasteiger partial charge in [-0.2, -0.15) is 5.10 Å². The predicted molar refractivity (Wildman–Crippen MR) is 71.7 cm³/mol. The van der Waals surface area contributed by atoms with Crippen molar-refractivity contribution in [3.63, 3.8) is 0 Å². The number of fused-ring (bicyclic) bond motifs is 2. The van der Waals surface area contributed by atoms with Gasteiger partial charge in [-0.3, -0.25) is 0 Å². The van der Waals surface area contributed by atoms with E-state index >= 15 is 0 Å². The second kappa shape index (κ2) is 3.91. The van der Waals surface area contributed by atoms with Crippen LogP contribution in [0.4, 0.5) is 5.82 Å². The topological polar surface area (TPSA) is 48.3 Å². The number of benzene rings is 1. The largest absolute Gasteiger partial charge is 0.454 e. The zero-order chi connectivity index (χ0) is 12.8. The average Bonchev–Trinajstić information content (AvgIpc) is 3.13. The first-order valence-electron chi connectivity index (χ1n) is 6.60. The maximum atomic E-state index is 5.44. The zero-order valence-corrected chi connectivity index (χ0v) is 10.8. The highest BCUT2D eigenvalue weighted by Crippen LogP contribution is 2.38. The zero-order valence-electron chi connectivity index (χ0n) is 10.8. The van der Waals surface area contributed by atoms with Gasteiger partial charge < -0.3 is 14.8 Å². The lowest BCUT2D eigenvalue weighted by atomic mass is 10.1. The Morgan fingerprint density at radius 1 is 1.32 bits per heavy atom. The maximum absolute atomic E-state index is 5.44. The number of rotatable bonds is 2. The molecule has 1 aromatic heterocycles. The minimum Gasteiger partial charge on any atom is -0.454 e. The Kier molecular flexibility index (Phi) is 2.21. The van der Waals surface area contributed by atoms with E-state index in [1.165, 1.54) is 5.56 Å². The van der Waals surface area contributed by atoms with E-state index in [-0.39, 0.29) is 0 Å². The van der Waals surface area contributed by atoms with Crippen molar-refractivity contribution in [3.8, 4) is 22.8 Å². The van der Waals surface area contributed by atoms with Crippen molar-refractivity contribution >= 4 is 5.82 Å².